The van der Waals surface area contributed by atoms with E-state index >= 15 is 0 Å². The van der Waals surface area contributed by atoms with E-state index < -0.39 is 0 Å². The van der Waals surface area contributed by atoms with Crippen LogP contribution in [0, 0.1) is 13.8 Å². The Morgan fingerprint density at radius 1 is 1.00 bits per heavy atom. The summed E-state index contributed by atoms with van der Waals surface area (Å²) in [5.74, 6) is 0.593. The van der Waals surface area contributed by atoms with Gasteiger partial charge in [-0.15, -0.1) is 0 Å². The largest absolute Gasteiger partial charge is 0.491 e. The molecule has 0 bridgehead atoms. The van der Waals surface area contributed by atoms with Gasteiger partial charge in [0.2, 0.25) is 5.91 Å². The van der Waals surface area contributed by atoms with Crippen LogP contribution in [0.3, 0.4) is 0 Å². The minimum absolute atomic E-state index is 0.108. The topological polar surface area (TPSA) is 59.6 Å². The number of carbonyl (C=O) groups is 1. The van der Waals surface area contributed by atoms with Crippen LogP contribution in [-0.4, -0.2) is 32.8 Å². The van der Waals surface area contributed by atoms with Crippen LogP contribution in [0.15, 0.2) is 42.5 Å². The summed E-state index contributed by atoms with van der Waals surface area (Å²) in [5.41, 5.74) is 3.98. The Morgan fingerprint density at radius 2 is 1.75 bits per heavy atom. The number of carbonyl (C=O) groups excluding carboxylic acids is 1. The lowest BCUT2D eigenvalue weighted by molar-refractivity contribution is -0.114. The minimum atomic E-state index is -0.108. The van der Waals surface area contributed by atoms with Gasteiger partial charge in [-0.2, -0.15) is 0 Å². The van der Waals surface area contributed by atoms with E-state index in [2.05, 4.69) is 16.7 Å². The maximum Gasteiger partial charge on any atom is 0.243 e. The Kier molecular flexibility index (Phi) is 6.63. The molecule has 128 valence electrons. The fraction of sp³-hybridized carbons (Fsp3) is 0.316. The lowest BCUT2D eigenvalue weighted by atomic mass is 10.1. The lowest BCUT2D eigenvalue weighted by Gasteiger charge is -2.11. The van der Waals surface area contributed by atoms with E-state index in [1.165, 1.54) is 11.1 Å². The molecule has 0 heterocycles. The van der Waals surface area contributed by atoms with Crippen molar-refractivity contribution in [3.05, 3.63) is 53.6 Å². The molecule has 0 saturated heterocycles. The molecule has 0 aliphatic heterocycles. The molecule has 0 fully saturated rings. The summed E-state index contributed by atoms with van der Waals surface area (Å²) in [6, 6.07) is 13.5. The van der Waals surface area contributed by atoms with Crippen LogP contribution in [-0.2, 0) is 9.53 Å². The molecule has 5 heteroatoms. The molecule has 2 N–H and O–H groups in total. The van der Waals surface area contributed by atoms with E-state index in [0.29, 0.717) is 24.7 Å². The molecule has 2 aromatic carbocycles. The molecular formula is C19H24N2O3. The highest BCUT2D eigenvalue weighted by atomic mass is 16.5. The Balaban J connectivity index is 1.86. The van der Waals surface area contributed by atoms with E-state index in [9.17, 15) is 4.79 Å². The molecular weight excluding hydrogens is 304 g/mol. The van der Waals surface area contributed by atoms with Crippen molar-refractivity contribution in [3.63, 3.8) is 0 Å². The first-order chi connectivity index (χ1) is 11.6. The molecule has 24 heavy (non-hydrogen) atoms. The molecule has 0 aliphatic rings. The van der Waals surface area contributed by atoms with E-state index in [0.717, 1.165) is 5.69 Å². The van der Waals surface area contributed by atoms with E-state index in [-0.39, 0.29) is 12.5 Å². The molecule has 1 amide bonds. The number of rotatable bonds is 8. The number of amides is 1. The van der Waals surface area contributed by atoms with Gasteiger partial charge in [-0.25, -0.2) is 0 Å². The zero-order valence-electron chi connectivity index (χ0n) is 14.4. The third-order valence-electron chi connectivity index (χ3n) is 3.35. The number of ether oxygens (including phenoxy) is 2. The van der Waals surface area contributed by atoms with E-state index in [1.807, 2.05) is 44.2 Å². The van der Waals surface area contributed by atoms with Gasteiger partial charge >= 0.3 is 0 Å². The Labute approximate surface area is 143 Å². The van der Waals surface area contributed by atoms with Crippen molar-refractivity contribution < 1.29 is 14.3 Å². The lowest BCUT2D eigenvalue weighted by Crippen LogP contribution is -2.21. The second-order valence-electron chi connectivity index (χ2n) is 5.65. The molecule has 0 spiro atoms. The molecule has 0 radical (unpaired) electrons. The normalized spacial score (nSPS) is 10.3. The molecule has 0 saturated carbocycles. The fourth-order valence-corrected chi connectivity index (χ4v) is 2.37. The second-order valence-corrected chi connectivity index (χ2v) is 5.65. The first kappa shape index (κ1) is 17.8. The summed E-state index contributed by atoms with van der Waals surface area (Å²) in [6.07, 6.45) is 0. The molecule has 2 aromatic rings. The number of benzene rings is 2. The summed E-state index contributed by atoms with van der Waals surface area (Å²) < 4.78 is 10.5. The number of anilines is 2. The van der Waals surface area contributed by atoms with Gasteiger partial charge in [0, 0.05) is 24.6 Å². The molecule has 0 aromatic heterocycles. The van der Waals surface area contributed by atoms with Gasteiger partial charge in [0.15, 0.2) is 0 Å². The molecule has 0 atom stereocenters. The highest BCUT2D eigenvalue weighted by Crippen LogP contribution is 2.17. The number of hydrogen-bond donors (Lipinski definition) is 2. The predicted molar refractivity (Wildman–Crippen MR) is 96.8 cm³/mol. The van der Waals surface area contributed by atoms with Crippen LogP contribution in [0.1, 0.15) is 11.1 Å². The number of methoxy groups -OCH3 is 1. The Hall–Kier alpha value is -2.53. The first-order valence-corrected chi connectivity index (χ1v) is 7.90. The maximum atomic E-state index is 12.1. The third-order valence-corrected chi connectivity index (χ3v) is 3.35. The fourth-order valence-electron chi connectivity index (χ4n) is 2.37. The van der Waals surface area contributed by atoms with Crippen molar-refractivity contribution in [2.75, 3.05) is 37.5 Å². The van der Waals surface area contributed by atoms with Gasteiger partial charge in [0.25, 0.3) is 0 Å². The van der Waals surface area contributed by atoms with Gasteiger partial charge in [-0.3, -0.25) is 4.79 Å². The second kappa shape index (κ2) is 8.93. The summed E-state index contributed by atoms with van der Waals surface area (Å²) in [6.45, 7) is 5.27. The molecule has 0 unspecified atom stereocenters. The van der Waals surface area contributed by atoms with Crippen LogP contribution in [0.25, 0.3) is 0 Å². The van der Waals surface area contributed by atoms with Gasteiger partial charge in [0.05, 0.1) is 13.2 Å². The Bertz CT molecular complexity index is 666. The average Bonchev–Trinajstić information content (AvgIpc) is 2.53. The highest BCUT2D eigenvalue weighted by Gasteiger charge is 2.04. The summed E-state index contributed by atoms with van der Waals surface area (Å²) >= 11 is 0. The SMILES string of the molecule is COCCOc1cccc(NC(=O)CNc2cc(C)cc(C)c2)c1. The first-order valence-electron chi connectivity index (χ1n) is 7.90. The number of nitrogens with one attached hydrogen (secondary N) is 2. The van der Waals surface area contributed by atoms with Crippen LogP contribution < -0.4 is 15.4 Å². The van der Waals surface area contributed by atoms with Crippen molar-refractivity contribution in [1.29, 1.82) is 0 Å². The number of aryl methyl sites for hydroxylation is 2. The summed E-state index contributed by atoms with van der Waals surface area (Å²) in [4.78, 5) is 12.1. The third kappa shape index (κ3) is 5.93. The van der Waals surface area contributed by atoms with Crippen LogP contribution in [0.4, 0.5) is 11.4 Å². The zero-order valence-corrected chi connectivity index (χ0v) is 14.4. The van der Waals surface area contributed by atoms with Crippen molar-refractivity contribution in [1.82, 2.24) is 0 Å². The van der Waals surface area contributed by atoms with Gasteiger partial charge in [0.1, 0.15) is 12.4 Å². The van der Waals surface area contributed by atoms with Crippen molar-refractivity contribution in [3.8, 4) is 5.75 Å². The predicted octanol–water partition coefficient (Wildman–Crippen LogP) is 3.38. The highest BCUT2D eigenvalue weighted by molar-refractivity contribution is 5.93. The number of hydrogen-bond acceptors (Lipinski definition) is 4. The van der Waals surface area contributed by atoms with Crippen molar-refractivity contribution in [2.24, 2.45) is 0 Å². The van der Waals surface area contributed by atoms with Crippen molar-refractivity contribution in [2.45, 2.75) is 13.8 Å². The smallest absolute Gasteiger partial charge is 0.243 e. The summed E-state index contributed by atoms with van der Waals surface area (Å²) in [7, 11) is 1.63. The maximum absolute atomic E-state index is 12.1. The minimum Gasteiger partial charge on any atom is -0.491 e. The molecule has 0 aliphatic carbocycles. The monoisotopic (exact) mass is 328 g/mol. The molecule has 5 nitrogen and oxygen atoms in total. The van der Waals surface area contributed by atoms with Gasteiger partial charge in [-0.1, -0.05) is 12.1 Å². The van der Waals surface area contributed by atoms with E-state index in [4.69, 9.17) is 9.47 Å². The Morgan fingerprint density at radius 3 is 2.46 bits per heavy atom. The standard InChI is InChI=1S/C19H24N2O3/c1-14-9-15(2)11-17(10-14)20-13-19(22)21-16-5-4-6-18(12-16)24-8-7-23-3/h4-6,9-12,20H,7-8,13H2,1-3H3,(H,21,22). The average molecular weight is 328 g/mol. The van der Waals surface area contributed by atoms with Gasteiger partial charge < -0.3 is 20.1 Å². The van der Waals surface area contributed by atoms with Crippen LogP contribution >= 0.6 is 0 Å². The molecule has 2 rings (SSSR count). The van der Waals surface area contributed by atoms with Gasteiger partial charge in [-0.05, 0) is 49.2 Å². The van der Waals surface area contributed by atoms with Crippen LogP contribution in [0.5, 0.6) is 5.75 Å². The van der Waals surface area contributed by atoms with Crippen molar-refractivity contribution >= 4 is 17.3 Å². The summed E-state index contributed by atoms with van der Waals surface area (Å²) in [5, 5.41) is 6.00. The zero-order chi connectivity index (χ0) is 17.4. The van der Waals surface area contributed by atoms with Crippen LogP contribution in [0.2, 0.25) is 0 Å². The quantitative estimate of drug-likeness (QED) is 0.729. The van der Waals surface area contributed by atoms with E-state index in [1.54, 1.807) is 13.2 Å².